The molecule has 0 saturated carbocycles. The van der Waals surface area contributed by atoms with Crippen molar-refractivity contribution in [1.82, 2.24) is 4.90 Å². The molecule has 0 bridgehead atoms. The van der Waals surface area contributed by atoms with Crippen LogP contribution in [0.2, 0.25) is 0 Å². The lowest BCUT2D eigenvalue weighted by molar-refractivity contribution is -0.140. The largest absolute Gasteiger partial charge is 0.472 e. The number of amides is 1. The summed E-state index contributed by atoms with van der Waals surface area (Å²) in [5, 5.41) is 0. The van der Waals surface area contributed by atoms with Crippen molar-refractivity contribution in [2.24, 2.45) is 5.92 Å². The van der Waals surface area contributed by atoms with Gasteiger partial charge in [-0.15, -0.1) is 0 Å². The molecule has 1 atom stereocenters. The Kier molecular flexibility index (Phi) is 4.97. The highest BCUT2D eigenvalue weighted by Crippen LogP contribution is 2.22. The van der Waals surface area contributed by atoms with Crippen LogP contribution < -0.4 is 4.74 Å². The van der Waals surface area contributed by atoms with Crippen molar-refractivity contribution in [1.29, 1.82) is 0 Å². The van der Waals surface area contributed by atoms with Crippen molar-refractivity contribution in [3.05, 3.63) is 54.0 Å². The number of hydrogen-bond donors (Lipinski definition) is 0. The lowest BCUT2D eigenvalue weighted by atomic mass is 9.97. The predicted molar refractivity (Wildman–Crippen MR) is 89.4 cm³/mol. The third-order valence-corrected chi connectivity index (χ3v) is 4.29. The number of carbonyl (C=O) groups is 3. The molecule has 0 unspecified atom stereocenters. The molecule has 1 fully saturated rings. The minimum absolute atomic E-state index is 0.0430. The number of hydrogen-bond acceptors (Lipinski definition) is 5. The van der Waals surface area contributed by atoms with E-state index in [0.29, 0.717) is 36.4 Å². The van der Waals surface area contributed by atoms with Gasteiger partial charge in [0.05, 0.1) is 17.7 Å². The number of nitrogens with zero attached hydrogens (tertiary/aromatic N) is 1. The number of ether oxygens (including phenoxy) is 1. The lowest BCUT2D eigenvalue weighted by Gasteiger charge is -2.31. The second-order valence-electron chi connectivity index (χ2n) is 6.10. The van der Waals surface area contributed by atoms with Crippen LogP contribution >= 0.6 is 0 Å². The third-order valence-electron chi connectivity index (χ3n) is 4.29. The van der Waals surface area contributed by atoms with E-state index in [1.807, 2.05) is 0 Å². The molecule has 130 valence electrons. The van der Waals surface area contributed by atoms with E-state index in [0.717, 1.165) is 6.42 Å². The van der Waals surface area contributed by atoms with Gasteiger partial charge in [0.25, 0.3) is 5.91 Å². The van der Waals surface area contributed by atoms with Crippen LogP contribution in [0, 0.1) is 5.92 Å². The standard InChI is InChI=1S/C19H19NO5/c1-13(21)14-4-6-17(7-5-14)25-19(23)15-3-2-9-20(11-15)18(22)16-8-10-24-12-16/h4-8,10,12,15H,2-3,9,11H2,1H3/t15-/m0/s1. The first-order chi connectivity index (χ1) is 12.0. The van der Waals surface area contributed by atoms with Crippen molar-refractivity contribution >= 4 is 17.7 Å². The Labute approximate surface area is 145 Å². The van der Waals surface area contributed by atoms with Crippen LogP contribution in [-0.2, 0) is 4.79 Å². The molecule has 6 heteroatoms. The fourth-order valence-electron chi connectivity index (χ4n) is 2.88. The van der Waals surface area contributed by atoms with E-state index in [2.05, 4.69) is 0 Å². The molecule has 1 aliphatic heterocycles. The molecule has 0 N–H and O–H groups in total. The maximum Gasteiger partial charge on any atom is 0.316 e. The molecule has 25 heavy (non-hydrogen) atoms. The van der Waals surface area contributed by atoms with Crippen molar-refractivity contribution in [2.45, 2.75) is 19.8 Å². The van der Waals surface area contributed by atoms with E-state index in [1.165, 1.54) is 19.5 Å². The van der Waals surface area contributed by atoms with E-state index >= 15 is 0 Å². The summed E-state index contributed by atoms with van der Waals surface area (Å²) < 4.78 is 10.3. The average Bonchev–Trinajstić information content (AvgIpc) is 3.16. The molecule has 0 aliphatic carbocycles. The van der Waals surface area contributed by atoms with Gasteiger partial charge in [-0.05, 0) is 50.1 Å². The number of esters is 1. The van der Waals surface area contributed by atoms with Crippen LogP contribution in [0.5, 0.6) is 5.75 Å². The van der Waals surface area contributed by atoms with E-state index in [4.69, 9.17) is 9.15 Å². The Balaban J connectivity index is 1.61. The topological polar surface area (TPSA) is 76.8 Å². The molecular formula is C19H19NO5. The van der Waals surface area contributed by atoms with Crippen LogP contribution in [-0.4, -0.2) is 35.6 Å². The first-order valence-corrected chi connectivity index (χ1v) is 8.19. The number of likely N-dealkylation sites (tertiary alicyclic amines) is 1. The zero-order chi connectivity index (χ0) is 17.8. The highest BCUT2D eigenvalue weighted by Gasteiger charge is 2.30. The molecule has 1 amide bonds. The second kappa shape index (κ2) is 7.34. The Morgan fingerprint density at radius 2 is 1.88 bits per heavy atom. The van der Waals surface area contributed by atoms with Crippen molar-refractivity contribution in [2.75, 3.05) is 13.1 Å². The van der Waals surface area contributed by atoms with Crippen molar-refractivity contribution in [3.63, 3.8) is 0 Å². The molecule has 3 rings (SSSR count). The molecule has 2 aromatic rings. The highest BCUT2D eigenvalue weighted by atomic mass is 16.5. The minimum atomic E-state index is -0.364. The zero-order valence-corrected chi connectivity index (χ0v) is 13.9. The van der Waals surface area contributed by atoms with Gasteiger partial charge in [-0.25, -0.2) is 0 Å². The summed E-state index contributed by atoms with van der Waals surface area (Å²) in [4.78, 5) is 37.7. The number of piperidine rings is 1. The molecule has 1 aromatic heterocycles. The number of rotatable bonds is 4. The van der Waals surface area contributed by atoms with Gasteiger partial charge in [0.15, 0.2) is 5.78 Å². The van der Waals surface area contributed by atoms with Gasteiger partial charge in [-0.3, -0.25) is 14.4 Å². The smallest absolute Gasteiger partial charge is 0.316 e. The summed E-state index contributed by atoms with van der Waals surface area (Å²) in [5.41, 5.74) is 1.04. The fourth-order valence-corrected chi connectivity index (χ4v) is 2.88. The van der Waals surface area contributed by atoms with Gasteiger partial charge in [0.1, 0.15) is 12.0 Å². The number of benzene rings is 1. The molecule has 1 aliphatic rings. The van der Waals surface area contributed by atoms with Gasteiger partial charge in [-0.2, -0.15) is 0 Å². The summed E-state index contributed by atoms with van der Waals surface area (Å²) in [5.74, 6) is -0.513. The number of ketones is 1. The van der Waals surface area contributed by atoms with Crippen LogP contribution in [0.3, 0.4) is 0 Å². The first-order valence-electron chi connectivity index (χ1n) is 8.19. The van der Waals surface area contributed by atoms with Gasteiger partial charge < -0.3 is 14.1 Å². The molecule has 1 saturated heterocycles. The van der Waals surface area contributed by atoms with Crippen LogP contribution in [0.15, 0.2) is 47.3 Å². The van der Waals surface area contributed by atoms with E-state index in [1.54, 1.807) is 35.2 Å². The Morgan fingerprint density at radius 1 is 1.12 bits per heavy atom. The lowest BCUT2D eigenvalue weighted by Crippen LogP contribution is -2.43. The molecular weight excluding hydrogens is 322 g/mol. The normalized spacial score (nSPS) is 17.2. The molecule has 6 nitrogen and oxygen atoms in total. The third kappa shape index (κ3) is 3.96. The van der Waals surface area contributed by atoms with E-state index < -0.39 is 0 Å². The number of furan rings is 1. The maximum atomic E-state index is 12.4. The van der Waals surface area contributed by atoms with E-state index in [9.17, 15) is 14.4 Å². The Morgan fingerprint density at radius 3 is 2.52 bits per heavy atom. The summed E-state index contributed by atoms with van der Waals surface area (Å²) in [6.07, 6.45) is 4.28. The number of Topliss-reactive ketones (excluding diaryl/α,β-unsaturated/α-hetero) is 1. The van der Waals surface area contributed by atoms with Crippen LogP contribution in [0.4, 0.5) is 0 Å². The summed E-state index contributed by atoms with van der Waals surface area (Å²) in [7, 11) is 0. The van der Waals surface area contributed by atoms with Crippen LogP contribution in [0.25, 0.3) is 0 Å². The quantitative estimate of drug-likeness (QED) is 0.485. The van der Waals surface area contributed by atoms with Crippen molar-refractivity contribution < 1.29 is 23.5 Å². The van der Waals surface area contributed by atoms with E-state index in [-0.39, 0.29) is 23.6 Å². The zero-order valence-electron chi connectivity index (χ0n) is 13.9. The van der Waals surface area contributed by atoms with Crippen LogP contribution in [0.1, 0.15) is 40.5 Å². The Bertz CT molecular complexity index is 764. The van der Waals surface area contributed by atoms with Gasteiger partial charge in [0.2, 0.25) is 0 Å². The molecule has 0 spiro atoms. The van der Waals surface area contributed by atoms with Gasteiger partial charge in [0, 0.05) is 18.7 Å². The monoisotopic (exact) mass is 341 g/mol. The fraction of sp³-hybridized carbons (Fsp3) is 0.316. The van der Waals surface area contributed by atoms with Gasteiger partial charge >= 0.3 is 5.97 Å². The summed E-state index contributed by atoms with van der Waals surface area (Å²) >= 11 is 0. The summed E-state index contributed by atoms with van der Waals surface area (Å²) in [6.45, 7) is 2.42. The molecule has 2 heterocycles. The Hall–Kier alpha value is -2.89. The predicted octanol–water partition coefficient (Wildman–Crippen LogP) is 2.94. The maximum absolute atomic E-state index is 12.4. The minimum Gasteiger partial charge on any atom is -0.472 e. The van der Waals surface area contributed by atoms with Gasteiger partial charge in [-0.1, -0.05) is 0 Å². The second-order valence-corrected chi connectivity index (χ2v) is 6.10. The van der Waals surface area contributed by atoms with Crippen molar-refractivity contribution in [3.8, 4) is 5.75 Å². The first kappa shape index (κ1) is 17.0. The summed E-state index contributed by atoms with van der Waals surface area (Å²) in [6, 6.07) is 8.07. The number of carbonyl (C=O) groups excluding carboxylic acids is 3. The average molecular weight is 341 g/mol. The SMILES string of the molecule is CC(=O)c1ccc(OC(=O)[C@H]2CCCN(C(=O)c3ccoc3)C2)cc1. The molecule has 0 radical (unpaired) electrons. The molecule has 1 aromatic carbocycles. The highest BCUT2D eigenvalue weighted by molar-refractivity contribution is 5.94.